The molecule has 2 N–H and O–H groups in total. The lowest BCUT2D eigenvalue weighted by Crippen LogP contribution is -2.47. The maximum absolute atomic E-state index is 9.55. The molecule has 0 spiro atoms. The molecule has 1 unspecified atom stereocenters. The van der Waals surface area contributed by atoms with Gasteiger partial charge in [0.1, 0.15) is 0 Å². The molecule has 0 saturated carbocycles. The lowest BCUT2D eigenvalue weighted by atomic mass is 9.99. The molecule has 1 heterocycles. The number of nitrogens with one attached hydrogen (secondary N) is 1. The molecule has 0 aliphatic carbocycles. The number of aromatic nitrogens is 2. The van der Waals surface area contributed by atoms with Crippen molar-refractivity contribution in [3.8, 4) is 0 Å². The van der Waals surface area contributed by atoms with E-state index in [1.165, 1.54) is 0 Å². The van der Waals surface area contributed by atoms with Crippen molar-refractivity contribution in [3.63, 3.8) is 0 Å². The lowest BCUT2D eigenvalue weighted by Gasteiger charge is -2.29. The van der Waals surface area contributed by atoms with Crippen LogP contribution in [0.2, 0.25) is 0 Å². The smallest absolute Gasteiger partial charge is 0.0688 e. The summed E-state index contributed by atoms with van der Waals surface area (Å²) in [7, 11) is 0. The highest BCUT2D eigenvalue weighted by molar-refractivity contribution is 5.01. The number of hydrogen-bond donors (Lipinski definition) is 2. The van der Waals surface area contributed by atoms with Gasteiger partial charge in [-0.3, -0.25) is 4.68 Å². The SMILES string of the molecule is CCn1nccc1CNC(C)(C)C(C)O. The van der Waals surface area contributed by atoms with Crippen LogP contribution in [0.1, 0.15) is 33.4 Å². The summed E-state index contributed by atoms with van der Waals surface area (Å²) in [5, 5.41) is 17.1. The maximum Gasteiger partial charge on any atom is 0.0688 e. The first-order chi connectivity index (χ1) is 6.97. The molecule has 0 amide bonds. The van der Waals surface area contributed by atoms with Crippen molar-refractivity contribution in [1.29, 1.82) is 0 Å². The molecule has 4 heteroatoms. The monoisotopic (exact) mass is 211 g/mol. The molecular formula is C11H21N3O. The Hall–Kier alpha value is -0.870. The van der Waals surface area contributed by atoms with Crippen LogP contribution in [0.5, 0.6) is 0 Å². The van der Waals surface area contributed by atoms with Gasteiger partial charge in [0.2, 0.25) is 0 Å². The van der Waals surface area contributed by atoms with Crippen LogP contribution in [-0.4, -0.2) is 26.5 Å². The van der Waals surface area contributed by atoms with Crippen LogP contribution in [-0.2, 0) is 13.1 Å². The highest BCUT2D eigenvalue weighted by atomic mass is 16.3. The van der Waals surface area contributed by atoms with Gasteiger partial charge in [0.25, 0.3) is 0 Å². The summed E-state index contributed by atoms with van der Waals surface area (Å²) in [6, 6.07) is 1.99. The number of aliphatic hydroxyl groups is 1. The largest absolute Gasteiger partial charge is 0.392 e. The van der Waals surface area contributed by atoms with E-state index in [9.17, 15) is 5.11 Å². The van der Waals surface area contributed by atoms with Crippen LogP contribution in [0, 0.1) is 0 Å². The van der Waals surface area contributed by atoms with Gasteiger partial charge in [-0.05, 0) is 33.8 Å². The fourth-order valence-corrected chi connectivity index (χ4v) is 1.26. The molecule has 4 nitrogen and oxygen atoms in total. The third-order valence-corrected chi connectivity index (χ3v) is 2.87. The summed E-state index contributed by atoms with van der Waals surface area (Å²) in [5.74, 6) is 0. The van der Waals surface area contributed by atoms with E-state index in [4.69, 9.17) is 0 Å². The molecule has 0 radical (unpaired) electrons. The normalized spacial score (nSPS) is 14.2. The van der Waals surface area contributed by atoms with Gasteiger partial charge < -0.3 is 10.4 Å². The van der Waals surface area contributed by atoms with E-state index in [2.05, 4.69) is 17.3 Å². The zero-order valence-electron chi connectivity index (χ0n) is 9.99. The maximum atomic E-state index is 9.55. The molecule has 0 saturated heterocycles. The van der Waals surface area contributed by atoms with Crippen LogP contribution in [0.4, 0.5) is 0 Å². The lowest BCUT2D eigenvalue weighted by molar-refractivity contribution is 0.0951. The van der Waals surface area contributed by atoms with Crippen LogP contribution in [0.15, 0.2) is 12.3 Å². The van der Waals surface area contributed by atoms with Gasteiger partial charge in [-0.2, -0.15) is 5.10 Å². The number of rotatable bonds is 5. The van der Waals surface area contributed by atoms with Crippen molar-refractivity contribution in [2.45, 2.75) is 52.4 Å². The zero-order valence-corrected chi connectivity index (χ0v) is 9.99. The van der Waals surface area contributed by atoms with E-state index in [0.717, 1.165) is 18.8 Å². The Morgan fingerprint density at radius 3 is 2.80 bits per heavy atom. The molecular weight excluding hydrogens is 190 g/mol. The fourth-order valence-electron chi connectivity index (χ4n) is 1.26. The van der Waals surface area contributed by atoms with Crippen molar-refractivity contribution in [1.82, 2.24) is 15.1 Å². The highest BCUT2D eigenvalue weighted by Gasteiger charge is 2.23. The highest BCUT2D eigenvalue weighted by Crippen LogP contribution is 2.10. The first kappa shape index (κ1) is 12.2. The third-order valence-electron chi connectivity index (χ3n) is 2.87. The van der Waals surface area contributed by atoms with Gasteiger partial charge in [-0.1, -0.05) is 0 Å². The minimum Gasteiger partial charge on any atom is -0.392 e. The second kappa shape index (κ2) is 4.77. The Morgan fingerprint density at radius 2 is 2.27 bits per heavy atom. The summed E-state index contributed by atoms with van der Waals surface area (Å²) in [5.41, 5.74) is 0.870. The summed E-state index contributed by atoms with van der Waals surface area (Å²) in [4.78, 5) is 0. The summed E-state index contributed by atoms with van der Waals surface area (Å²) >= 11 is 0. The predicted octanol–water partition coefficient (Wildman–Crippen LogP) is 1.15. The molecule has 15 heavy (non-hydrogen) atoms. The zero-order chi connectivity index (χ0) is 11.5. The standard InChI is InChI=1S/C11H21N3O/c1-5-14-10(6-7-13-14)8-12-11(3,4)9(2)15/h6-7,9,12,15H,5,8H2,1-4H3. The van der Waals surface area contributed by atoms with Crippen molar-refractivity contribution < 1.29 is 5.11 Å². The van der Waals surface area contributed by atoms with Gasteiger partial charge in [-0.15, -0.1) is 0 Å². The van der Waals surface area contributed by atoms with E-state index < -0.39 is 0 Å². The number of aryl methyl sites for hydroxylation is 1. The van der Waals surface area contributed by atoms with E-state index in [-0.39, 0.29) is 11.6 Å². The van der Waals surface area contributed by atoms with Crippen molar-refractivity contribution in [3.05, 3.63) is 18.0 Å². The van der Waals surface area contributed by atoms with Crippen molar-refractivity contribution in [2.75, 3.05) is 0 Å². The summed E-state index contributed by atoms with van der Waals surface area (Å²) < 4.78 is 1.95. The predicted molar refractivity (Wildman–Crippen MR) is 60.5 cm³/mol. The van der Waals surface area contributed by atoms with Gasteiger partial charge in [0.05, 0.1) is 11.8 Å². The first-order valence-corrected chi connectivity index (χ1v) is 5.41. The Morgan fingerprint density at radius 1 is 1.60 bits per heavy atom. The molecule has 0 aliphatic heterocycles. The Labute approximate surface area is 91.3 Å². The van der Waals surface area contributed by atoms with Gasteiger partial charge >= 0.3 is 0 Å². The van der Waals surface area contributed by atoms with Gasteiger partial charge in [0.15, 0.2) is 0 Å². The molecule has 1 atom stereocenters. The van der Waals surface area contributed by atoms with Crippen molar-refractivity contribution >= 4 is 0 Å². The van der Waals surface area contributed by atoms with Crippen LogP contribution in [0.25, 0.3) is 0 Å². The molecule has 0 aromatic carbocycles. The average molecular weight is 211 g/mol. The van der Waals surface area contributed by atoms with Crippen LogP contribution < -0.4 is 5.32 Å². The number of nitrogens with zero attached hydrogens (tertiary/aromatic N) is 2. The second-order valence-corrected chi connectivity index (χ2v) is 4.39. The third kappa shape index (κ3) is 3.04. The van der Waals surface area contributed by atoms with E-state index in [1.807, 2.05) is 24.6 Å². The minimum absolute atomic E-state index is 0.275. The Kier molecular flexibility index (Phi) is 3.88. The fraction of sp³-hybridized carbons (Fsp3) is 0.727. The molecule has 1 aromatic heterocycles. The minimum atomic E-state index is -0.379. The Balaban J connectivity index is 2.57. The van der Waals surface area contributed by atoms with Crippen LogP contribution >= 0.6 is 0 Å². The Bertz CT molecular complexity index is 305. The van der Waals surface area contributed by atoms with E-state index >= 15 is 0 Å². The van der Waals surface area contributed by atoms with Crippen LogP contribution in [0.3, 0.4) is 0 Å². The topological polar surface area (TPSA) is 50.1 Å². The first-order valence-electron chi connectivity index (χ1n) is 5.41. The summed E-state index contributed by atoms with van der Waals surface area (Å²) in [6.07, 6.45) is 1.42. The average Bonchev–Trinajstić information content (AvgIpc) is 2.61. The second-order valence-electron chi connectivity index (χ2n) is 4.39. The molecule has 0 aliphatic rings. The van der Waals surface area contributed by atoms with E-state index in [1.54, 1.807) is 13.1 Å². The van der Waals surface area contributed by atoms with Gasteiger partial charge in [0, 0.05) is 24.8 Å². The number of aliphatic hydroxyl groups excluding tert-OH is 1. The molecule has 0 fully saturated rings. The number of hydrogen-bond acceptors (Lipinski definition) is 3. The van der Waals surface area contributed by atoms with E-state index in [0.29, 0.717) is 0 Å². The van der Waals surface area contributed by atoms with Gasteiger partial charge in [-0.25, -0.2) is 0 Å². The quantitative estimate of drug-likeness (QED) is 0.768. The molecule has 1 aromatic rings. The molecule has 0 bridgehead atoms. The van der Waals surface area contributed by atoms with Crippen molar-refractivity contribution in [2.24, 2.45) is 0 Å². The molecule has 1 rings (SSSR count). The summed E-state index contributed by atoms with van der Waals surface area (Å²) in [6.45, 7) is 9.44. The molecule has 86 valence electrons.